The van der Waals surface area contributed by atoms with Gasteiger partial charge in [0.1, 0.15) is 12.1 Å². The van der Waals surface area contributed by atoms with E-state index in [0.717, 1.165) is 0 Å². The molecule has 2 aromatic heterocycles. The average Bonchev–Trinajstić information content (AvgIpc) is 2.51. The predicted molar refractivity (Wildman–Crippen MR) is 47.9 cm³/mol. The van der Waals surface area contributed by atoms with E-state index in [0.29, 0.717) is 11.6 Å². The van der Waals surface area contributed by atoms with Crippen molar-refractivity contribution in [2.24, 2.45) is 0 Å². The molecular formula is C7H9N5O. The Kier molecular flexibility index (Phi) is 1.54. The van der Waals surface area contributed by atoms with Crippen LogP contribution in [0.3, 0.4) is 0 Å². The second-order valence-corrected chi connectivity index (χ2v) is 2.87. The summed E-state index contributed by atoms with van der Waals surface area (Å²) in [6.07, 6.45) is 1.43. The number of nitrogens with zero attached hydrogens (tertiary/aromatic N) is 4. The fourth-order valence-electron chi connectivity index (χ4n) is 1.04. The second kappa shape index (κ2) is 2.58. The van der Waals surface area contributed by atoms with Crippen LogP contribution in [-0.4, -0.2) is 33.7 Å². The molecule has 0 aliphatic carbocycles. The third kappa shape index (κ3) is 1.16. The molecule has 0 aliphatic rings. The van der Waals surface area contributed by atoms with Crippen LogP contribution >= 0.6 is 0 Å². The van der Waals surface area contributed by atoms with Gasteiger partial charge in [0.2, 0.25) is 0 Å². The highest BCUT2D eigenvalue weighted by atomic mass is 16.1. The fraction of sp³-hybridized carbons (Fsp3) is 0.286. The van der Waals surface area contributed by atoms with Crippen LogP contribution in [0.4, 0.5) is 5.82 Å². The fourth-order valence-corrected chi connectivity index (χ4v) is 1.04. The lowest BCUT2D eigenvalue weighted by Gasteiger charge is -2.09. The summed E-state index contributed by atoms with van der Waals surface area (Å²) in [5, 5.41) is 2.67. The average molecular weight is 179 g/mol. The van der Waals surface area contributed by atoms with Gasteiger partial charge < -0.3 is 4.90 Å². The van der Waals surface area contributed by atoms with E-state index in [9.17, 15) is 4.79 Å². The largest absolute Gasteiger partial charge is 0.362 e. The third-order valence-electron chi connectivity index (χ3n) is 1.71. The first kappa shape index (κ1) is 7.78. The van der Waals surface area contributed by atoms with Crippen molar-refractivity contribution in [3.05, 3.63) is 22.7 Å². The van der Waals surface area contributed by atoms with E-state index < -0.39 is 0 Å². The molecule has 6 heteroatoms. The molecule has 2 aromatic rings. The molecule has 0 spiro atoms. The van der Waals surface area contributed by atoms with Gasteiger partial charge in [0, 0.05) is 20.2 Å². The van der Waals surface area contributed by atoms with Crippen molar-refractivity contribution < 1.29 is 0 Å². The Bertz CT molecular complexity index is 483. The van der Waals surface area contributed by atoms with E-state index in [1.807, 2.05) is 14.1 Å². The molecule has 0 saturated carbocycles. The lowest BCUT2D eigenvalue weighted by molar-refractivity contribution is 0.890. The van der Waals surface area contributed by atoms with Gasteiger partial charge >= 0.3 is 0 Å². The third-order valence-corrected chi connectivity index (χ3v) is 1.71. The number of hydrogen-bond acceptors (Lipinski definition) is 4. The molecular weight excluding hydrogens is 170 g/mol. The SMILES string of the molecule is CN(C)c1cc(=O)n2[nH]cnc2n1. The Morgan fingerprint density at radius 3 is 3.00 bits per heavy atom. The molecule has 0 amide bonds. The first-order valence-corrected chi connectivity index (χ1v) is 3.79. The number of hydrogen-bond donors (Lipinski definition) is 1. The van der Waals surface area contributed by atoms with Gasteiger partial charge in [-0.15, -0.1) is 0 Å². The Morgan fingerprint density at radius 2 is 2.31 bits per heavy atom. The molecule has 0 saturated heterocycles. The first-order valence-electron chi connectivity index (χ1n) is 3.79. The van der Waals surface area contributed by atoms with Crippen LogP contribution in [0.2, 0.25) is 0 Å². The number of anilines is 1. The minimum Gasteiger partial charge on any atom is -0.362 e. The zero-order valence-corrected chi connectivity index (χ0v) is 7.35. The van der Waals surface area contributed by atoms with Gasteiger partial charge in [-0.1, -0.05) is 0 Å². The molecule has 0 fully saturated rings. The van der Waals surface area contributed by atoms with Crippen LogP contribution in [0.5, 0.6) is 0 Å². The van der Waals surface area contributed by atoms with Crippen LogP contribution in [0.15, 0.2) is 17.2 Å². The van der Waals surface area contributed by atoms with Crippen molar-refractivity contribution in [1.82, 2.24) is 19.6 Å². The van der Waals surface area contributed by atoms with Gasteiger partial charge in [-0.05, 0) is 0 Å². The van der Waals surface area contributed by atoms with E-state index in [2.05, 4.69) is 15.1 Å². The highest BCUT2D eigenvalue weighted by Crippen LogP contribution is 2.02. The van der Waals surface area contributed by atoms with Crippen LogP contribution in [-0.2, 0) is 0 Å². The van der Waals surface area contributed by atoms with Gasteiger partial charge in [-0.25, -0.2) is 4.98 Å². The Labute approximate surface area is 73.8 Å². The maximum atomic E-state index is 11.4. The normalized spacial score (nSPS) is 10.6. The molecule has 2 rings (SSSR count). The molecule has 13 heavy (non-hydrogen) atoms. The monoisotopic (exact) mass is 179 g/mol. The number of fused-ring (bicyclic) bond motifs is 1. The summed E-state index contributed by atoms with van der Waals surface area (Å²) in [5.74, 6) is 0.994. The highest BCUT2D eigenvalue weighted by Gasteiger charge is 2.04. The van der Waals surface area contributed by atoms with Crippen molar-refractivity contribution >= 4 is 11.6 Å². The van der Waals surface area contributed by atoms with E-state index >= 15 is 0 Å². The van der Waals surface area contributed by atoms with Crippen molar-refractivity contribution in [3.8, 4) is 0 Å². The van der Waals surface area contributed by atoms with Gasteiger partial charge in [-0.2, -0.15) is 9.50 Å². The van der Waals surface area contributed by atoms with Crippen LogP contribution in [0.25, 0.3) is 5.78 Å². The summed E-state index contributed by atoms with van der Waals surface area (Å²) >= 11 is 0. The number of H-pyrrole nitrogens is 1. The number of nitrogens with one attached hydrogen (secondary N) is 1. The summed E-state index contributed by atoms with van der Waals surface area (Å²) in [4.78, 5) is 21.2. The van der Waals surface area contributed by atoms with Gasteiger partial charge in [-0.3, -0.25) is 9.89 Å². The van der Waals surface area contributed by atoms with E-state index in [-0.39, 0.29) is 5.56 Å². The quantitative estimate of drug-likeness (QED) is 0.640. The summed E-state index contributed by atoms with van der Waals surface area (Å²) in [5.41, 5.74) is -0.161. The number of rotatable bonds is 1. The Hall–Kier alpha value is -1.85. The summed E-state index contributed by atoms with van der Waals surface area (Å²) in [6.45, 7) is 0. The first-order chi connectivity index (χ1) is 6.18. The van der Waals surface area contributed by atoms with Crippen LogP contribution in [0, 0.1) is 0 Å². The van der Waals surface area contributed by atoms with E-state index in [4.69, 9.17) is 0 Å². The molecule has 68 valence electrons. The second-order valence-electron chi connectivity index (χ2n) is 2.87. The molecule has 2 heterocycles. The summed E-state index contributed by atoms with van der Waals surface area (Å²) in [7, 11) is 3.65. The van der Waals surface area contributed by atoms with Crippen molar-refractivity contribution in [2.75, 3.05) is 19.0 Å². The standard InChI is InChI=1S/C7H9N5O/c1-11(2)5-3-6(13)12-7(10-5)8-4-9-12/h3-4H,1-2H3,(H,8,9,10). The highest BCUT2D eigenvalue weighted by molar-refractivity contribution is 5.41. The van der Waals surface area contributed by atoms with Crippen molar-refractivity contribution in [3.63, 3.8) is 0 Å². The lowest BCUT2D eigenvalue weighted by atomic mass is 10.5. The van der Waals surface area contributed by atoms with Gasteiger partial charge in [0.15, 0.2) is 0 Å². The molecule has 0 unspecified atom stereocenters. The zero-order chi connectivity index (χ0) is 9.42. The van der Waals surface area contributed by atoms with Crippen LogP contribution in [0.1, 0.15) is 0 Å². The van der Waals surface area contributed by atoms with E-state index in [1.165, 1.54) is 16.9 Å². The molecule has 0 radical (unpaired) electrons. The minimum absolute atomic E-state index is 0.161. The summed E-state index contributed by atoms with van der Waals surface area (Å²) in [6, 6.07) is 1.45. The van der Waals surface area contributed by atoms with Gasteiger partial charge in [0.05, 0.1) is 0 Å². The summed E-state index contributed by atoms with van der Waals surface area (Å²) < 4.78 is 1.28. The molecule has 6 nitrogen and oxygen atoms in total. The van der Waals surface area contributed by atoms with Crippen molar-refractivity contribution in [2.45, 2.75) is 0 Å². The van der Waals surface area contributed by atoms with Crippen molar-refractivity contribution in [1.29, 1.82) is 0 Å². The van der Waals surface area contributed by atoms with Gasteiger partial charge in [0.25, 0.3) is 11.3 Å². The molecule has 0 aromatic carbocycles. The minimum atomic E-state index is -0.161. The molecule has 0 aliphatic heterocycles. The Morgan fingerprint density at radius 1 is 1.54 bits per heavy atom. The topological polar surface area (TPSA) is 66.3 Å². The lowest BCUT2D eigenvalue weighted by Crippen LogP contribution is -2.19. The van der Waals surface area contributed by atoms with E-state index in [1.54, 1.807) is 4.90 Å². The smallest absolute Gasteiger partial charge is 0.276 e. The molecule has 0 atom stereocenters. The predicted octanol–water partition coefficient (Wildman–Crippen LogP) is -0.516. The number of aromatic amines is 1. The Balaban J connectivity index is 2.77. The number of aromatic nitrogens is 4. The molecule has 0 bridgehead atoms. The zero-order valence-electron chi connectivity index (χ0n) is 7.35. The molecule has 1 N–H and O–H groups in total. The maximum absolute atomic E-state index is 11.4. The maximum Gasteiger partial charge on any atom is 0.276 e. The van der Waals surface area contributed by atoms with Crippen LogP contribution < -0.4 is 10.5 Å².